The first kappa shape index (κ1) is 9.02. The molecule has 0 radical (unpaired) electrons. The summed E-state index contributed by atoms with van der Waals surface area (Å²) in [6, 6.07) is 3.34. The molecule has 0 spiro atoms. The SMILES string of the molecule is COC(=O)c1ccc2[nH]ncc2c1Cl. The molecular formula is C9H7ClN2O2. The minimum absolute atomic E-state index is 0.350. The minimum atomic E-state index is -0.446. The second-order valence-electron chi connectivity index (χ2n) is 2.75. The number of fused-ring (bicyclic) bond motifs is 1. The number of nitrogens with zero attached hydrogens (tertiary/aromatic N) is 1. The molecule has 5 heteroatoms. The van der Waals surface area contributed by atoms with Gasteiger partial charge in [0.15, 0.2) is 0 Å². The number of rotatable bonds is 1. The van der Waals surface area contributed by atoms with Crippen LogP contribution in [0.5, 0.6) is 0 Å². The molecule has 4 nitrogen and oxygen atoms in total. The largest absolute Gasteiger partial charge is 0.465 e. The fourth-order valence-electron chi connectivity index (χ4n) is 1.25. The predicted octanol–water partition coefficient (Wildman–Crippen LogP) is 2.00. The van der Waals surface area contributed by atoms with Gasteiger partial charge in [0, 0.05) is 5.39 Å². The standard InChI is InChI=1S/C9H7ClN2O2/c1-14-9(13)5-2-3-7-6(8(5)10)4-11-12-7/h2-4H,1H3,(H,11,12). The van der Waals surface area contributed by atoms with Crippen LogP contribution in [0.4, 0.5) is 0 Å². The summed E-state index contributed by atoms with van der Waals surface area (Å²) in [5.74, 6) is -0.446. The van der Waals surface area contributed by atoms with E-state index in [4.69, 9.17) is 11.6 Å². The number of hydrogen-bond donors (Lipinski definition) is 1. The molecule has 2 aromatic rings. The van der Waals surface area contributed by atoms with Gasteiger partial charge in [0.2, 0.25) is 0 Å². The molecular weight excluding hydrogens is 204 g/mol. The van der Waals surface area contributed by atoms with E-state index in [9.17, 15) is 4.79 Å². The number of halogens is 1. The molecule has 0 aliphatic carbocycles. The number of carbonyl (C=O) groups excluding carboxylic acids is 1. The Morgan fingerprint density at radius 1 is 1.57 bits per heavy atom. The molecule has 0 bridgehead atoms. The summed E-state index contributed by atoms with van der Waals surface area (Å²) in [6.07, 6.45) is 1.57. The Balaban J connectivity index is 2.67. The zero-order valence-electron chi connectivity index (χ0n) is 7.37. The highest BCUT2D eigenvalue weighted by Gasteiger charge is 2.13. The van der Waals surface area contributed by atoms with Gasteiger partial charge >= 0.3 is 5.97 Å². The highest BCUT2D eigenvalue weighted by atomic mass is 35.5. The Kier molecular flexibility index (Phi) is 2.13. The molecule has 0 atom stereocenters. The zero-order valence-corrected chi connectivity index (χ0v) is 8.13. The fourth-order valence-corrected chi connectivity index (χ4v) is 1.54. The zero-order chi connectivity index (χ0) is 10.1. The van der Waals surface area contributed by atoms with Gasteiger partial charge in [-0.3, -0.25) is 5.10 Å². The number of H-pyrrole nitrogens is 1. The number of carbonyl (C=O) groups is 1. The Bertz CT molecular complexity index is 493. The van der Waals surface area contributed by atoms with Crippen molar-refractivity contribution in [1.82, 2.24) is 10.2 Å². The van der Waals surface area contributed by atoms with Crippen LogP contribution >= 0.6 is 11.6 Å². The average Bonchev–Trinajstić information content (AvgIpc) is 2.66. The van der Waals surface area contributed by atoms with E-state index in [0.29, 0.717) is 10.6 Å². The molecule has 1 N–H and O–H groups in total. The summed E-state index contributed by atoms with van der Waals surface area (Å²) >= 11 is 6.00. The number of ether oxygens (including phenoxy) is 1. The van der Waals surface area contributed by atoms with E-state index >= 15 is 0 Å². The number of hydrogen-bond acceptors (Lipinski definition) is 3. The van der Waals surface area contributed by atoms with Crippen LogP contribution in [0.25, 0.3) is 10.9 Å². The predicted molar refractivity (Wildman–Crippen MR) is 52.4 cm³/mol. The number of esters is 1. The van der Waals surface area contributed by atoms with Crippen LogP contribution in [0.1, 0.15) is 10.4 Å². The molecule has 0 aliphatic rings. The van der Waals surface area contributed by atoms with Crippen molar-refractivity contribution in [2.75, 3.05) is 7.11 Å². The van der Waals surface area contributed by atoms with Crippen LogP contribution in [-0.4, -0.2) is 23.3 Å². The smallest absolute Gasteiger partial charge is 0.339 e. The van der Waals surface area contributed by atoms with Gasteiger partial charge in [0.1, 0.15) is 0 Å². The van der Waals surface area contributed by atoms with Crippen molar-refractivity contribution < 1.29 is 9.53 Å². The van der Waals surface area contributed by atoms with Gasteiger partial charge in [0.25, 0.3) is 0 Å². The van der Waals surface area contributed by atoms with Crippen molar-refractivity contribution in [3.8, 4) is 0 Å². The molecule has 14 heavy (non-hydrogen) atoms. The highest BCUT2D eigenvalue weighted by molar-refractivity contribution is 6.38. The molecule has 1 aromatic heterocycles. The highest BCUT2D eigenvalue weighted by Crippen LogP contribution is 2.26. The first-order valence-electron chi connectivity index (χ1n) is 3.94. The van der Waals surface area contributed by atoms with Crippen molar-refractivity contribution >= 4 is 28.5 Å². The van der Waals surface area contributed by atoms with E-state index < -0.39 is 5.97 Å². The monoisotopic (exact) mass is 210 g/mol. The first-order chi connectivity index (χ1) is 6.74. The number of aromatic amines is 1. The maximum absolute atomic E-state index is 11.3. The lowest BCUT2D eigenvalue weighted by atomic mass is 10.1. The van der Waals surface area contributed by atoms with Crippen molar-refractivity contribution in [3.63, 3.8) is 0 Å². The molecule has 0 saturated carbocycles. The number of benzene rings is 1. The third kappa shape index (κ3) is 1.24. The van der Waals surface area contributed by atoms with Gasteiger partial charge in [-0.25, -0.2) is 4.79 Å². The Morgan fingerprint density at radius 2 is 2.36 bits per heavy atom. The number of nitrogens with one attached hydrogen (secondary N) is 1. The number of methoxy groups -OCH3 is 1. The summed E-state index contributed by atoms with van der Waals surface area (Å²) in [4.78, 5) is 11.3. The Labute approximate surface area is 84.8 Å². The molecule has 0 unspecified atom stereocenters. The van der Waals surface area contributed by atoms with Gasteiger partial charge < -0.3 is 4.74 Å². The fraction of sp³-hybridized carbons (Fsp3) is 0.111. The second kappa shape index (κ2) is 3.31. The van der Waals surface area contributed by atoms with Crippen LogP contribution in [0.2, 0.25) is 5.02 Å². The molecule has 0 aliphatic heterocycles. The van der Waals surface area contributed by atoms with Crippen LogP contribution in [-0.2, 0) is 4.74 Å². The molecule has 2 rings (SSSR count). The van der Waals surface area contributed by atoms with Gasteiger partial charge in [-0.2, -0.15) is 5.10 Å². The maximum Gasteiger partial charge on any atom is 0.339 e. The Morgan fingerprint density at radius 3 is 3.07 bits per heavy atom. The van der Waals surface area contributed by atoms with E-state index in [1.54, 1.807) is 18.3 Å². The lowest BCUT2D eigenvalue weighted by Crippen LogP contribution is -2.01. The summed E-state index contributed by atoms with van der Waals surface area (Å²) in [5.41, 5.74) is 1.14. The molecule has 0 amide bonds. The van der Waals surface area contributed by atoms with E-state index in [2.05, 4.69) is 14.9 Å². The van der Waals surface area contributed by atoms with Gasteiger partial charge in [-0.1, -0.05) is 11.6 Å². The molecule has 0 fully saturated rings. The van der Waals surface area contributed by atoms with Crippen LogP contribution in [0.3, 0.4) is 0 Å². The van der Waals surface area contributed by atoms with Crippen molar-refractivity contribution in [2.24, 2.45) is 0 Å². The third-order valence-corrected chi connectivity index (χ3v) is 2.37. The summed E-state index contributed by atoms with van der Waals surface area (Å²) in [6.45, 7) is 0. The Hall–Kier alpha value is -1.55. The quantitative estimate of drug-likeness (QED) is 0.733. The average molecular weight is 211 g/mol. The maximum atomic E-state index is 11.3. The molecule has 72 valence electrons. The summed E-state index contributed by atoms with van der Waals surface area (Å²) in [7, 11) is 1.32. The van der Waals surface area contributed by atoms with Crippen LogP contribution in [0.15, 0.2) is 18.3 Å². The van der Waals surface area contributed by atoms with Crippen LogP contribution < -0.4 is 0 Å². The third-order valence-electron chi connectivity index (χ3n) is 1.96. The van der Waals surface area contributed by atoms with Crippen LogP contribution in [0, 0.1) is 0 Å². The van der Waals surface area contributed by atoms with Crippen molar-refractivity contribution in [1.29, 1.82) is 0 Å². The first-order valence-corrected chi connectivity index (χ1v) is 4.31. The molecule has 1 aromatic carbocycles. The minimum Gasteiger partial charge on any atom is -0.465 e. The summed E-state index contributed by atoms with van der Waals surface area (Å²) in [5, 5.41) is 7.67. The van der Waals surface area contributed by atoms with Gasteiger partial charge in [-0.05, 0) is 12.1 Å². The second-order valence-corrected chi connectivity index (χ2v) is 3.13. The number of aromatic nitrogens is 2. The van der Waals surface area contributed by atoms with E-state index in [-0.39, 0.29) is 0 Å². The molecule has 1 heterocycles. The van der Waals surface area contributed by atoms with Gasteiger partial charge in [-0.15, -0.1) is 0 Å². The van der Waals surface area contributed by atoms with Gasteiger partial charge in [0.05, 0.1) is 29.4 Å². The van der Waals surface area contributed by atoms with Crippen molar-refractivity contribution in [3.05, 3.63) is 28.9 Å². The van der Waals surface area contributed by atoms with E-state index in [1.165, 1.54) is 7.11 Å². The van der Waals surface area contributed by atoms with E-state index in [1.807, 2.05) is 0 Å². The normalized spacial score (nSPS) is 10.4. The van der Waals surface area contributed by atoms with E-state index in [0.717, 1.165) is 10.9 Å². The topological polar surface area (TPSA) is 55.0 Å². The summed E-state index contributed by atoms with van der Waals surface area (Å²) < 4.78 is 4.59. The lowest BCUT2D eigenvalue weighted by molar-refractivity contribution is 0.0601. The van der Waals surface area contributed by atoms with Crippen molar-refractivity contribution in [2.45, 2.75) is 0 Å². The molecule has 0 saturated heterocycles. The lowest BCUT2D eigenvalue weighted by Gasteiger charge is -2.01.